The van der Waals surface area contributed by atoms with Gasteiger partial charge in [0.25, 0.3) is 0 Å². The van der Waals surface area contributed by atoms with E-state index < -0.39 is 0 Å². The van der Waals surface area contributed by atoms with Crippen molar-refractivity contribution in [2.24, 2.45) is 0 Å². The van der Waals surface area contributed by atoms with Gasteiger partial charge in [-0.3, -0.25) is 0 Å². The highest BCUT2D eigenvalue weighted by Crippen LogP contribution is 2.16. The molecule has 11 heavy (non-hydrogen) atoms. The summed E-state index contributed by atoms with van der Waals surface area (Å²) in [4.78, 5) is 0. The first-order valence-corrected chi connectivity index (χ1v) is 4.22. The zero-order valence-electron chi connectivity index (χ0n) is 7.09. The van der Waals surface area contributed by atoms with Crippen molar-refractivity contribution in [1.29, 1.82) is 0 Å². The Hall–Kier alpha value is -0.820. The summed E-state index contributed by atoms with van der Waals surface area (Å²) >= 11 is 0. The van der Waals surface area contributed by atoms with Crippen LogP contribution >= 0.6 is 0 Å². The number of rotatable bonds is 3. The Kier molecular flexibility index (Phi) is 3.12. The van der Waals surface area contributed by atoms with E-state index in [-0.39, 0.29) is 0 Å². The molecule has 60 valence electrons. The van der Waals surface area contributed by atoms with Crippen molar-refractivity contribution in [3.05, 3.63) is 35.9 Å². The smallest absolute Gasteiger partial charge is 0.0809 e. The predicted molar refractivity (Wildman–Crippen MR) is 47.2 cm³/mol. The first-order chi connectivity index (χ1) is 5.38. The molecule has 0 aliphatic heterocycles. The lowest BCUT2D eigenvalue weighted by Gasteiger charge is -2.09. The molecule has 0 unspecified atom stereocenters. The summed E-state index contributed by atoms with van der Waals surface area (Å²) in [6.45, 7) is 3.21. The molecule has 1 atom stereocenters. The molecule has 3 N–H and O–H groups in total. The maximum Gasteiger partial charge on any atom is 0.0809 e. The Morgan fingerprint density at radius 1 is 1.27 bits per heavy atom. The van der Waals surface area contributed by atoms with Crippen LogP contribution in [0.5, 0.6) is 0 Å². The molecule has 0 spiro atoms. The molecule has 0 heterocycles. The SMILES string of the molecule is CC[C@@H](C[NH3+])c1ccccc1. The molecule has 0 saturated heterocycles. The second-order valence-electron chi connectivity index (χ2n) is 2.80. The minimum absolute atomic E-state index is 0.649. The van der Waals surface area contributed by atoms with Gasteiger partial charge in [0.1, 0.15) is 0 Å². The third-order valence-electron chi connectivity index (χ3n) is 2.11. The molecule has 0 aromatic heterocycles. The van der Waals surface area contributed by atoms with Crippen molar-refractivity contribution in [3.8, 4) is 0 Å². The van der Waals surface area contributed by atoms with Crippen LogP contribution in [0.2, 0.25) is 0 Å². The van der Waals surface area contributed by atoms with Crippen molar-refractivity contribution < 1.29 is 5.73 Å². The first-order valence-electron chi connectivity index (χ1n) is 4.22. The van der Waals surface area contributed by atoms with Gasteiger partial charge in [0.05, 0.1) is 6.54 Å². The summed E-state index contributed by atoms with van der Waals surface area (Å²) in [5.74, 6) is 0.649. The fraction of sp³-hybridized carbons (Fsp3) is 0.400. The minimum atomic E-state index is 0.649. The van der Waals surface area contributed by atoms with Crippen LogP contribution in [0, 0.1) is 0 Å². The molecule has 1 aromatic rings. The average molecular weight is 150 g/mol. The molecule has 0 fully saturated rings. The maximum atomic E-state index is 3.93. The minimum Gasteiger partial charge on any atom is -0.357 e. The van der Waals surface area contributed by atoms with Crippen LogP contribution < -0.4 is 5.73 Å². The average Bonchev–Trinajstić information content (AvgIpc) is 2.09. The van der Waals surface area contributed by atoms with Gasteiger partial charge >= 0.3 is 0 Å². The van der Waals surface area contributed by atoms with Crippen LogP contribution in [0.1, 0.15) is 24.8 Å². The molecule has 0 aliphatic rings. The van der Waals surface area contributed by atoms with Crippen molar-refractivity contribution in [3.63, 3.8) is 0 Å². The number of hydrogen-bond acceptors (Lipinski definition) is 0. The fourth-order valence-electron chi connectivity index (χ4n) is 1.33. The highest BCUT2D eigenvalue weighted by molar-refractivity contribution is 5.19. The van der Waals surface area contributed by atoms with E-state index >= 15 is 0 Å². The van der Waals surface area contributed by atoms with Crippen LogP contribution in [0.3, 0.4) is 0 Å². The van der Waals surface area contributed by atoms with Gasteiger partial charge in [-0.25, -0.2) is 0 Å². The van der Waals surface area contributed by atoms with E-state index in [2.05, 4.69) is 43.0 Å². The van der Waals surface area contributed by atoms with Gasteiger partial charge in [0, 0.05) is 5.92 Å². The second-order valence-corrected chi connectivity index (χ2v) is 2.80. The Balaban J connectivity index is 2.74. The summed E-state index contributed by atoms with van der Waals surface area (Å²) in [5.41, 5.74) is 5.35. The van der Waals surface area contributed by atoms with Crippen LogP contribution in [-0.4, -0.2) is 6.54 Å². The lowest BCUT2D eigenvalue weighted by Crippen LogP contribution is -2.52. The summed E-state index contributed by atoms with van der Waals surface area (Å²) in [5, 5.41) is 0. The molecule has 0 saturated carbocycles. The maximum absolute atomic E-state index is 3.93. The standard InChI is InChI=1S/C10H15N/c1-2-9(8-11)10-6-4-3-5-7-10/h3-7,9H,2,8,11H2,1H3/p+1/t9-/m0/s1. The van der Waals surface area contributed by atoms with E-state index in [4.69, 9.17) is 0 Å². The molecule has 1 rings (SSSR count). The van der Waals surface area contributed by atoms with Crippen LogP contribution in [0.25, 0.3) is 0 Å². The molecule has 0 aliphatic carbocycles. The number of benzene rings is 1. The monoisotopic (exact) mass is 150 g/mol. The summed E-state index contributed by atoms with van der Waals surface area (Å²) in [6, 6.07) is 10.6. The highest BCUT2D eigenvalue weighted by atomic mass is 14.5. The fourth-order valence-corrected chi connectivity index (χ4v) is 1.33. The molecular formula is C10H16N+. The quantitative estimate of drug-likeness (QED) is 0.675. The largest absolute Gasteiger partial charge is 0.357 e. The van der Waals surface area contributed by atoms with E-state index in [1.165, 1.54) is 12.0 Å². The normalized spacial score (nSPS) is 12.9. The van der Waals surface area contributed by atoms with Crippen molar-refractivity contribution >= 4 is 0 Å². The number of hydrogen-bond donors (Lipinski definition) is 1. The van der Waals surface area contributed by atoms with Gasteiger partial charge < -0.3 is 5.73 Å². The zero-order valence-corrected chi connectivity index (χ0v) is 7.09. The van der Waals surface area contributed by atoms with Crippen molar-refractivity contribution in [1.82, 2.24) is 0 Å². The van der Waals surface area contributed by atoms with E-state index in [9.17, 15) is 0 Å². The van der Waals surface area contributed by atoms with E-state index in [0.29, 0.717) is 5.92 Å². The topological polar surface area (TPSA) is 27.6 Å². The van der Waals surface area contributed by atoms with Crippen molar-refractivity contribution in [2.45, 2.75) is 19.3 Å². The Morgan fingerprint density at radius 3 is 2.36 bits per heavy atom. The van der Waals surface area contributed by atoms with Crippen molar-refractivity contribution in [2.75, 3.05) is 6.54 Å². The molecule has 0 bridgehead atoms. The van der Waals surface area contributed by atoms with E-state index in [0.717, 1.165) is 6.54 Å². The lowest BCUT2D eigenvalue weighted by molar-refractivity contribution is -0.372. The zero-order chi connectivity index (χ0) is 8.10. The van der Waals surface area contributed by atoms with Crippen LogP contribution in [0.15, 0.2) is 30.3 Å². The van der Waals surface area contributed by atoms with E-state index in [1.807, 2.05) is 0 Å². The van der Waals surface area contributed by atoms with Crippen LogP contribution in [0.4, 0.5) is 0 Å². The van der Waals surface area contributed by atoms with E-state index in [1.54, 1.807) is 0 Å². The predicted octanol–water partition coefficient (Wildman–Crippen LogP) is 1.42. The molecular weight excluding hydrogens is 134 g/mol. The van der Waals surface area contributed by atoms with Gasteiger partial charge in [-0.05, 0) is 12.0 Å². The molecule has 0 radical (unpaired) electrons. The third-order valence-corrected chi connectivity index (χ3v) is 2.11. The second kappa shape index (κ2) is 4.14. The van der Waals surface area contributed by atoms with Gasteiger partial charge in [0.15, 0.2) is 0 Å². The number of quaternary nitrogens is 1. The first kappa shape index (κ1) is 8.28. The van der Waals surface area contributed by atoms with Gasteiger partial charge in [-0.1, -0.05) is 37.3 Å². The summed E-state index contributed by atoms with van der Waals surface area (Å²) < 4.78 is 0. The Labute approximate surface area is 68.2 Å². The Morgan fingerprint density at radius 2 is 1.91 bits per heavy atom. The molecule has 1 heteroatoms. The highest BCUT2D eigenvalue weighted by Gasteiger charge is 2.06. The lowest BCUT2D eigenvalue weighted by atomic mass is 9.97. The molecule has 0 amide bonds. The van der Waals surface area contributed by atoms with Crippen LogP contribution in [-0.2, 0) is 0 Å². The Bertz CT molecular complexity index is 189. The van der Waals surface area contributed by atoms with Gasteiger partial charge in [0.2, 0.25) is 0 Å². The third kappa shape index (κ3) is 2.05. The molecule has 1 nitrogen and oxygen atoms in total. The molecule has 1 aromatic carbocycles. The van der Waals surface area contributed by atoms with Gasteiger partial charge in [-0.15, -0.1) is 0 Å². The summed E-state index contributed by atoms with van der Waals surface area (Å²) in [7, 11) is 0. The summed E-state index contributed by atoms with van der Waals surface area (Å²) in [6.07, 6.45) is 1.19. The van der Waals surface area contributed by atoms with Gasteiger partial charge in [-0.2, -0.15) is 0 Å².